The quantitative estimate of drug-likeness (QED) is 0.477. The van der Waals surface area contributed by atoms with Crippen molar-refractivity contribution in [1.82, 2.24) is 4.90 Å². The number of nitrogens with one attached hydrogen (secondary N) is 1. The number of nitrogens with zero attached hydrogens (tertiary/aromatic N) is 2. The van der Waals surface area contributed by atoms with Crippen molar-refractivity contribution in [1.29, 1.82) is 0 Å². The normalized spacial score (nSPS) is 15.5. The van der Waals surface area contributed by atoms with Crippen LogP contribution in [0.3, 0.4) is 0 Å². The van der Waals surface area contributed by atoms with Crippen molar-refractivity contribution >= 4 is 29.2 Å². The molecule has 1 heterocycles. The van der Waals surface area contributed by atoms with Gasteiger partial charge in [-0.25, -0.2) is 14.1 Å². The molecule has 1 saturated heterocycles. The first-order valence-electron chi connectivity index (χ1n) is 11.3. The van der Waals surface area contributed by atoms with Gasteiger partial charge < -0.3 is 15.0 Å². The Morgan fingerprint density at radius 3 is 2.17 bits per heavy atom. The molecule has 0 radical (unpaired) electrons. The molecular formula is C27H26FN3O4. The van der Waals surface area contributed by atoms with Gasteiger partial charge in [0.2, 0.25) is 5.91 Å². The van der Waals surface area contributed by atoms with Gasteiger partial charge in [0.25, 0.3) is 5.91 Å². The Kier molecular flexibility index (Phi) is 7.10. The first-order chi connectivity index (χ1) is 16.9. The number of anilines is 2. The number of halogens is 1. The van der Waals surface area contributed by atoms with Crippen LogP contribution in [0.5, 0.6) is 5.75 Å². The van der Waals surface area contributed by atoms with Crippen LogP contribution in [0.2, 0.25) is 0 Å². The number of methoxy groups -OCH3 is 1. The van der Waals surface area contributed by atoms with Gasteiger partial charge in [-0.15, -0.1) is 0 Å². The molecule has 8 heteroatoms. The molecule has 1 N–H and O–H groups in total. The number of urea groups is 1. The molecule has 0 aliphatic carbocycles. The number of ether oxygens (including phenoxy) is 1. The van der Waals surface area contributed by atoms with E-state index >= 15 is 0 Å². The van der Waals surface area contributed by atoms with Crippen LogP contribution in [0.25, 0.3) is 0 Å². The van der Waals surface area contributed by atoms with Crippen molar-refractivity contribution in [3.8, 4) is 5.75 Å². The van der Waals surface area contributed by atoms with E-state index in [1.54, 1.807) is 48.5 Å². The van der Waals surface area contributed by atoms with Crippen LogP contribution >= 0.6 is 0 Å². The van der Waals surface area contributed by atoms with Crippen LogP contribution in [-0.4, -0.2) is 35.9 Å². The number of amides is 4. The van der Waals surface area contributed by atoms with Crippen molar-refractivity contribution in [2.75, 3.05) is 17.3 Å². The summed E-state index contributed by atoms with van der Waals surface area (Å²) >= 11 is 0. The number of imide groups is 1. The number of hydrogen-bond acceptors (Lipinski definition) is 4. The van der Waals surface area contributed by atoms with E-state index in [1.165, 1.54) is 24.1 Å². The SMILES string of the molecule is CCc1ccc(NC(=O)C[C@H]2C(=O)N(c3ccc(OC)cc3)C(=O)N2Cc2ccc(F)cc2)cc1. The molecule has 1 fully saturated rings. The average Bonchev–Trinajstić information content (AvgIpc) is 3.09. The van der Waals surface area contributed by atoms with Crippen molar-refractivity contribution < 1.29 is 23.5 Å². The number of rotatable bonds is 8. The molecule has 4 rings (SSSR count). The summed E-state index contributed by atoms with van der Waals surface area (Å²) in [6, 6.07) is 18.1. The highest BCUT2D eigenvalue weighted by Crippen LogP contribution is 2.30. The lowest BCUT2D eigenvalue weighted by molar-refractivity contribution is -0.124. The van der Waals surface area contributed by atoms with Gasteiger partial charge in [-0.3, -0.25) is 9.59 Å². The predicted octanol–water partition coefficient (Wildman–Crippen LogP) is 4.76. The van der Waals surface area contributed by atoms with E-state index in [-0.39, 0.29) is 18.9 Å². The maximum absolute atomic E-state index is 13.4. The molecule has 3 aromatic carbocycles. The smallest absolute Gasteiger partial charge is 0.332 e. The maximum atomic E-state index is 13.4. The summed E-state index contributed by atoms with van der Waals surface area (Å²) in [6.45, 7) is 2.10. The highest BCUT2D eigenvalue weighted by molar-refractivity contribution is 6.22. The topological polar surface area (TPSA) is 79.0 Å². The number of benzene rings is 3. The first kappa shape index (κ1) is 23.9. The van der Waals surface area contributed by atoms with E-state index < -0.39 is 23.8 Å². The standard InChI is InChI=1S/C27H26FN3O4/c1-3-18-6-10-21(11-7-18)29-25(32)16-24-26(33)31(22-12-14-23(35-2)15-13-22)27(34)30(24)17-19-4-8-20(28)9-5-19/h4-15,24H,3,16-17H2,1-2H3,(H,29,32)/t24-/m0/s1. The summed E-state index contributed by atoms with van der Waals surface area (Å²) in [7, 11) is 1.52. The van der Waals surface area contributed by atoms with E-state index in [2.05, 4.69) is 5.32 Å². The Bertz CT molecular complexity index is 1210. The highest BCUT2D eigenvalue weighted by atomic mass is 19.1. The summed E-state index contributed by atoms with van der Waals surface area (Å²) in [4.78, 5) is 42.0. The van der Waals surface area contributed by atoms with Crippen LogP contribution in [0, 0.1) is 5.82 Å². The Labute approximate surface area is 203 Å². The zero-order chi connectivity index (χ0) is 24.9. The lowest BCUT2D eigenvalue weighted by atomic mass is 10.1. The van der Waals surface area contributed by atoms with Gasteiger partial charge >= 0.3 is 6.03 Å². The lowest BCUT2D eigenvalue weighted by Gasteiger charge is -2.21. The van der Waals surface area contributed by atoms with Crippen molar-refractivity contribution in [3.05, 3.63) is 89.7 Å². The number of hydrogen-bond donors (Lipinski definition) is 1. The minimum Gasteiger partial charge on any atom is -0.497 e. The minimum atomic E-state index is -1.01. The van der Waals surface area contributed by atoms with Crippen LogP contribution in [0.15, 0.2) is 72.8 Å². The van der Waals surface area contributed by atoms with Gasteiger partial charge in [-0.1, -0.05) is 31.2 Å². The highest BCUT2D eigenvalue weighted by Gasteiger charge is 2.46. The molecule has 1 aliphatic heterocycles. The molecule has 0 aromatic heterocycles. The van der Waals surface area contributed by atoms with Crippen LogP contribution in [0.4, 0.5) is 20.6 Å². The fourth-order valence-corrected chi connectivity index (χ4v) is 3.98. The van der Waals surface area contributed by atoms with Crippen LogP contribution < -0.4 is 15.0 Å². The van der Waals surface area contributed by atoms with Gasteiger partial charge in [-0.2, -0.15) is 0 Å². The number of aryl methyl sites for hydroxylation is 1. The van der Waals surface area contributed by atoms with Crippen molar-refractivity contribution in [2.24, 2.45) is 0 Å². The summed E-state index contributed by atoms with van der Waals surface area (Å²) in [5, 5.41) is 2.80. The summed E-state index contributed by atoms with van der Waals surface area (Å²) in [5.41, 5.74) is 2.77. The van der Waals surface area contributed by atoms with Crippen LogP contribution in [0.1, 0.15) is 24.5 Å². The largest absolute Gasteiger partial charge is 0.497 e. The Morgan fingerprint density at radius 1 is 0.943 bits per heavy atom. The first-order valence-corrected chi connectivity index (χ1v) is 11.3. The number of carbonyl (C=O) groups is 3. The van der Waals surface area contributed by atoms with E-state index in [9.17, 15) is 18.8 Å². The fourth-order valence-electron chi connectivity index (χ4n) is 3.98. The van der Waals surface area contributed by atoms with Gasteiger partial charge in [0.05, 0.1) is 19.2 Å². The molecule has 0 bridgehead atoms. The van der Waals surface area contributed by atoms with Crippen molar-refractivity contribution in [3.63, 3.8) is 0 Å². The third-order valence-corrected chi connectivity index (χ3v) is 5.94. The second kappa shape index (κ2) is 10.4. The molecule has 0 unspecified atom stereocenters. The molecule has 1 atom stereocenters. The van der Waals surface area contributed by atoms with E-state index in [0.717, 1.165) is 16.9 Å². The van der Waals surface area contributed by atoms with Gasteiger partial charge in [0, 0.05) is 12.2 Å². The average molecular weight is 476 g/mol. The molecule has 0 spiro atoms. The van der Waals surface area contributed by atoms with Gasteiger partial charge in [0.15, 0.2) is 0 Å². The summed E-state index contributed by atoms with van der Waals surface area (Å²) < 4.78 is 18.5. The predicted molar refractivity (Wildman–Crippen MR) is 131 cm³/mol. The Morgan fingerprint density at radius 2 is 1.57 bits per heavy atom. The Hall–Kier alpha value is -4.20. The van der Waals surface area contributed by atoms with Crippen LogP contribution in [-0.2, 0) is 22.6 Å². The zero-order valence-electron chi connectivity index (χ0n) is 19.5. The summed E-state index contributed by atoms with van der Waals surface area (Å²) in [5.74, 6) is -0.705. The molecule has 180 valence electrons. The molecule has 7 nitrogen and oxygen atoms in total. The third-order valence-electron chi connectivity index (χ3n) is 5.94. The zero-order valence-corrected chi connectivity index (χ0v) is 19.5. The van der Waals surface area contributed by atoms with Crippen molar-refractivity contribution in [2.45, 2.75) is 32.4 Å². The molecular weight excluding hydrogens is 449 g/mol. The molecule has 1 aliphatic rings. The summed E-state index contributed by atoms with van der Waals surface area (Å²) in [6.07, 6.45) is 0.667. The maximum Gasteiger partial charge on any atom is 0.332 e. The number of carbonyl (C=O) groups excluding carboxylic acids is 3. The fraction of sp³-hybridized carbons (Fsp3) is 0.222. The third kappa shape index (κ3) is 5.32. The molecule has 35 heavy (non-hydrogen) atoms. The minimum absolute atomic E-state index is 0.0562. The second-order valence-electron chi connectivity index (χ2n) is 8.23. The van der Waals surface area contributed by atoms with Gasteiger partial charge in [0.1, 0.15) is 17.6 Å². The van der Waals surface area contributed by atoms with E-state index in [1.807, 2.05) is 19.1 Å². The Balaban J connectivity index is 1.58. The van der Waals surface area contributed by atoms with E-state index in [0.29, 0.717) is 22.7 Å². The molecule has 3 aromatic rings. The van der Waals surface area contributed by atoms with E-state index in [4.69, 9.17) is 4.74 Å². The lowest BCUT2D eigenvalue weighted by Crippen LogP contribution is -2.37. The molecule has 0 saturated carbocycles. The monoisotopic (exact) mass is 475 g/mol. The van der Waals surface area contributed by atoms with Gasteiger partial charge in [-0.05, 0) is 66.1 Å². The molecule has 4 amide bonds. The second-order valence-corrected chi connectivity index (χ2v) is 8.23.